The van der Waals surface area contributed by atoms with Crippen LogP contribution in [0.5, 0.6) is 0 Å². The third-order valence-electron chi connectivity index (χ3n) is 3.29. The molecule has 0 aliphatic heterocycles. The monoisotopic (exact) mass is 327 g/mol. The Balaban J connectivity index is 2.27. The lowest BCUT2D eigenvalue weighted by atomic mass is 9.97. The van der Waals surface area contributed by atoms with Crippen LogP contribution in [0.15, 0.2) is 30.7 Å². The van der Waals surface area contributed by atoms with Crippen molar-refractivity contribution in [1.82, 2.24) is 9.97 Å². The Kier molecular flexibility index (Phi) is 4.92. The molecule has 0 fully saturated rings. The van der Waals surface area contributed by atoms with Gasteiger partial charge >= 0.3 is 6.18 Å². The van der Waals surface area contributed by atoms with Crippen molar-refractivity contribution >= 4 is 5.91 Å². The summed E-state index contributed by atoms with van der Waals surface area (Å²) in [5, 5.41) is 0. The maximum Gasteiger partial charge on any atom is 0.419 e. The minimum absolute atomic E-state index is 0.0324. The highest BCUT2D eigenvalue weighted by Crippen LogP contribution is 2.31. The van der Waals surface area contributed by atoms with Crippen LogP contribution >= 0.6 is 0 Å². The van der Waals surface area contributed by atoms with Crippen LogP contribution in [0.2, 0.25) is 0 Å². The molecular weight excluding hydrogens is 314 g/mol. The van der Waals surface area contributed by atoms with E-state index in [4.69, 9.17) is 5.73 Å². The quantitative estimate of drug-likeness (QED) is 0.858. The van der Waals surface area contributed by atoms with Gasteiger partial charge in [0.1, 0.15) is 12.1 Å². The van der Waals surface area contributed by atoms with Crippen LogP contribution in [-0.4, -0.2) is 15.9 Å². The van der Waals surface area contributed by atoms with Crippen LogP contribution in [-0.2, 0) is 30.2 Å². The van der Waals surface area contributed by atoms with E-state index in [1.807, 2.05) is 0 Å². The third kappa shape index (κ3) is 4.24. The number of primary amides is 1. The molecule has 1 amide bonds. The summed E-state index contributed by atoms with van der Waals surface area (Å²) in [6, 6.07) is 4.13. The summed E-state index contributed by atoms with van der Waals surface area (Å²) in [5.41, 5.74) is 4.45. The predicted octanol–water partition coefficient (Wildman–Crippen LogP) is 2.45. The summed E-state index contributed by atoms with van der Waals surface area (Å²) in [5.74, 6) is -1.23. The highest BCUT2D eigenvalue weighted by molar-refractivity contribution is 5.77. The second-order valence-corrected chi connectivity index (χ2v) is 4.90. The van der Waals surface area contributed by atoms with E-state index in [0.717, 1.165) is 6.33 Å². The number of hydrogen-bond donors (Lipinski definition) is 1. The summed E-state index contributed by atoms with van der Waals surface area (Å²) in [6.07, 6.45) is -3.23. The maximum absolute atomic E-state index is 13.9. The average Bonchev–Trinajstić information content (AvgIpc) is 2.45. The fourth-order valence-electron chi connectivity index (χ4n) is 2.27. The summed E-state index contributed by atoms with van der Waals surface area (Å²) in [4.78, 5) is 18.0. The number of carbonyl (C=O) groups excluding carboxylic acids is 1. The van der Waals surface area contributed by atoms with Crippen molar-refractivity contribution in [3.05, 3.63) is 58.9 Å². The van der Waals surface area contributed by atoms with Crippen molar-refractivity contribution in [2.24, 2.45) is 5.73 Å². The van der Waals surface area contributed by atoms with Crippen molar-refractivity contribution in [1.29, 1.82) is 0 Å². The zero-order valence-corrected chi connectivity index (χ0v) is 11.9. The molecule has 23 heavy (non-hydrogen) atoms. The number of alkyl halides is 3. The molecule has 0 saturated carbocycles. The van der Waals surface area contributed by atoms with Gasteiger partial charge in [-0.1, -0.05) is 12.1 Å². The lowest BCUT2D eigenvalue weighted by Crippen LogP contribution is -2.16. The van der Waals surface area contributed by atoms with Gasteiger partial charge in [-0.15, -0.1) is 0 Å². The summed E-state index contributed by atoms with van der Waals surface area (Å²) in [7, 11) is 0. The summed E-state index contributed by atoms with van der Waals surface area (Å²) >= 11 is 0. The first-order chi connectivity index (χ1) is 10.8. The summed E-state index contributed by atoms with van der Waals surface area (Å²) < 4.78 is 52.6. The minimum Gasteiger partial charge on any atom is -0.369 e. The number of nitrogens with two attached hydrogens (primary N) is 1. The second-order valence-electron chi connectivity index (χ2n) is 4.90. The van der Waals surface area contributed by atoms with Gasteiger partial charge in [-0.05, 0) is 30.0 Å². The van der Waals surface area contributed by atoms with E-state index < -0.39 is 23.5 Å². The number of aromatic nitrogens is 2. The molecule has 0 atom stereocenters. The van der Waals surface area contributed by atoms with Crippen molar-refractivity contribution in [2.45, 2.75) is 25.4 Å². The average molecular weight is 327 g/mol. The zero-order valence-electron chi connectivity index (χ0n) is 11.9. The van der Waals surface area contributed by atoms with Gasteiger partial charge in [0.2, 0.25) is 5.91 Å². The molecule has 0 bridgehead atoms. The molecule has 4 nitrogen and oxygen atoms in total. The van der Waals surface area contributed by atoms with E-state index >= 15 is 0 Å². The number of rotatable bonds is 5. The zero-order chi connectivity index (χ0) is 17.0. The molecule has 0 radical (unpaired) electrons. The highest BCUT2D eigenvalue weighted by Gasteiger charge is 2.34. The Hall–Kier alpha value is -2.51. The molecule has 8 heteroatoms. The van der Waals surface area contributed by atoms with Gasteiger partial charge in [-0.25, -0.2) is 14.4 Å². The Bertz CT molecular complexity index is 716. The topological polar surface area (TPSA) is 68.9 Å². The molecule has 2 N–H and O–H groups in total. The predicted molar refractivity (Wildman–Crippen MR) is 73.7 cm³/mol. The van der Waals surface area contributed by atoms with E-state index in [2.05, 4.69) is 9.97 Å². The molecule has 0 unspecified atom stereocenters. The van der Waals surface area contributed by atoms with Gasteiger partial charge in [0.15, 0.2) is 0 Å². The molecule has 2 aromatic rings. The molecule has 122 valence electrons. The molecule has 1 aromatic carbocycles. The third-order valence-corrected chi connectivity index (χ3v) is 3.29. The number of carbonyl (C=O) groups is 1. The van der Waals surface area contributed by atoms with E-state index in [1.54, 1.807) is 0 Å². The second kappa shape index (κ2) is 6.72. The van der Waals surface area contributed by atoms with Crippen LogP contribution in [0, 0.1) is 5.82 Å². The normalized spacial score (nSPS) is 11.5. The largest absolute Gasteiger partial charge is 0.419 e. The van der Waals surface area contributed by atoms with E-state index in [9.17, 15) is 22.4 Å². The first-order valence-corrected chi connectivity index (χ1v) is 6.69. The Labute approximate surface area is 129 Å². The Morgan fingerprint density at radius 2 is 1.96 bits per heavy atom. The highest BCUT2D eigenvalue weighted by atomic mass is 19.4. The van der Waals surface area contributed by atoms with Gasteiger partial charge < -0.3 is 5.73 Å². The standard InChI is InChI=1S/C15H13F4N3O/c16-12-3-1-2-9(6-14(20)23)10(12)4-5-13-11(15(17,18)19)7-21-8-22-13/h1-3,7-8H,4-6H2,(H2,20,23). The van der Waals surface area contributed by atoms with Gasteiger partial charge in [0.25, 0.3) is 0 Å². The maximum atomic E-state index is 13.9. The molecule has 0 aliphatic carbocycles. The minimum atomic E-state index is -4.58. The van der Waals surface area contributed by atoms with Gasteiger partial charge in [-0.2, -0.15) is 13.2 Å². The first-order valence-electron chi connectivity index (χ1n) is 6.69. The molecule has 0 aliphatic rings. The van der Waals surface area contributed by atoms with Crippen LogP contribution in [0.25, 0.3) is 0 Å². The fraction of sp³-hybridized carbons (Fsp3) is 0.267. The number of nitrogens with zero attached hydrogens (tertiary/aromatic N) is 2. The van der Waals surface area contributed by atoms with Crippen molar-refractivity contribution in [2.75, 3.05) is 0 Å². The molecule has 2 rings (SSSR count). The van der Waals surface area contributed by atoms with Crippen molar-refractivity contribution in [3.63, 3.8) is 0 Å². The first kappa shape index (κ1) is 16.9. The molecular formula is C15H13F4N3O. The van der Waals surface area contributed by atoms with E-state index in [-0.39, 0.29) is 30.5 Å². The molecule has 1 aromatic heterocycles. The fourth-order valence-corrected chi connectivity index (χ4v) is 2.27. The molecule has 0 spiro atoms. The van der Waals surface area contributed by atoms with Gasteiger partial charge in [0, 0.05) is 6.20 Å². The van der Waals surface area contributed by atoms with Crippen LogP contribution in [0.3, 0.4) is 0 Å². The van der Waals surface area contributed by atoms with Crippen molar-refractivity contribution in [3.8, 4) is 0 Å². The van der Waals surface area contributed by atoms with Crippen LogP contribution < -0.4 is 5.73 Å². The van der Waals surface area contributed by atoms with Gasteiger partial charge in [0.05, 0.1) is 17.7 Å². The SMILES string of the molecule is NC(=O)Cc1cccc(F)c1CCc1ncncc1C(F)(F)F. The van der Waals surface area contributed by atoms with Gasteiger partial charge in [-0.3, -0.25) is 4.79 Å². The van der Waals surface area contributed by atoms with Crippen LogP contribution in [0.1, 0.15) is 22.4 Å². The summed E-state index contributed by atoms with van der Waals surface area (Å²) in [6.45, 7) is 0. The smallest absolute Gasteiger partial charge is 0.369 e. The Morgan fingerprint density at radius 1 is 1.22 bits per heavy atom. The van der Waals surface area contributed by atoms with E-state index in [1.165, 1.54) is 18.2 Å². The Morgan fingerprint density at radius 3 is 2.61 bits per heavy atom. The number of aryl methyl sites for hydroxylation is 1. The number of amides is 1. The van der Waals surface area contributed by atoms with Crippen LogP contribution in [0.4, 0.5) is 17.6 Å². The number of halogens is 4. The number of benzene rings is 1. The lowest BCUT2D eigenvalue weighted by Gasteiger charge is -2.13. The molecule has 0 saturated heterocycles. The number of hydrogen-bond acceptors (Lipinski definition) is 3. The van der Waals surface area contributed by atoms with Crippen molar-refractivity contribution < 1.29 is 22.4 Å². The van der Waals surface area contributed by atoms with E-state index in [0.29, 0.717) is 11.8 Å². The lowest BCUT2D eigenvalue weighted by molar-refractivity contribution is -0.138. The molecule has 1 heterocycles.